The number of Topliss-reactive ketones (excluding diaryl/α,β-unsaturated/α-hetero) is 2. The van der Waals surface area contributed by atoms with E-state index in [0.717, 1.165) is 12.8 Å². The van der Waals surface area contributed by atoms with E-state index >= 15 is 0 Å². The number of aliphatic carboxylic acids is 1. The van der Waals surface area contributed by atoms with Gasteiger partial charge in [0, 0.05) is 6.61 Å². The van der Waals surface area contributed by atoms with Gasteiger partial charge in [0.1, 0.15) is 24.4 Å². The van der Waals surface area contributed by atoms with Gasteiger partial charge in [-0.25, -0.2) is 0 Å². The molecular weight excluding hydrogens is 280 g/mol. The lowest BCUT2D eigenvalue weighted by atomic mass is 10.3. The summed E-state index contributed by atoms with van der Waals surface area (Å²) in [5.41, 5.74) is 0. The molecule has 0 aromatic heterocycles. The second-order valence-electron chi connectivity index (χ2n) is 4.03. The third-order valence-electron chi connectivity index (χ3n) is 1.61. The topological polar surface area (TPSA) is 118 Å². The summed E-state index contributed by atoms with van der Waals surface area (Å²) in [5.74, 6) is -1.97. The predicted molar refractivity (Wildman–Crippen MR) is 76.9 cm³/mol. The van der Waals surface area contributed by atoms with Crippen LogP contribution in [0, 0.1) is 0 Å². The molecule has 0 heterocycles. The van der Waals surface area contributed by atoms with Crippen LogP contribution in [0.25, 0.3) is 0 Å². The number of ketones is 2. The maximum Gasteiger partial charge on any atom is 0.313 e. The maximum absolute atomic E-state index is 10.4. The largest absolute Gasteiger partial charge is 0.481 e. The summed E-state index contributed by atoms with van der Waals surface area (Å²) < 4.78 is 4.49. The third-order valence-corrected chi connectivity index (χ3v) is 1.61. The molecule has 0 fully saturated rings. The molecular formula is C14H26O7. The highest BCUT2D eigenvalue weighted by atomic mass is 16.5. The minimum Gasteiger partial charge on any atom is -0.481 e. The highest BCUT2D eigenvalue weighted by Gasteiger charge is 2.03. The van der Waals surface area contributed by atoms with E-state index in [2.05, 4.69) is 11.7 Å². The minimum absolute atomic E-state index is 0.103. The van der Waals surface area contributed by atoms with Crippen molar-refractivity contribution < 1.29 is 34.1 Å². The zero-order valence-electron chi connectivity index (χ0n) is 13.2. The van der Waals surface area contributed by atoms with Gasteiger partial charge in [-0.05, 0) is 27.2 Å². The Labute approximate surface area is 125 Å². The van der Waals surface area contributed by atoms with Crippen LogP contribution in [0.1, 0.15) is 53.4 Å². The van der Waals surface area contributed by atoms with E-state index in [1.807, 2.05) is 0 Å². The lowest BCUT2D eigenvalue weighted by Crippen LogP contribution is -2.07. The van der Waals surface area contributed by atoms with E-state index in [1.54, 1.807) is 6.92 Å². The first kappa shape index (κ1) is 24.3. The number of unbranched alkanes of at least 4 members (excludes halogenated alkanes) is 1. The fourth-order valence-electron chi connectivity index (χ4n) is 0.786. The average Bonchev–Trinajstić information content (AvgIpc) is 2.28. The Balaban J connectivity index is -0.000000242. The predicted octanol–water partition coefficient (Wildman–Crippen LogP) is 1.36. The van der Waals surface area contributed by atoms with Crippen molar-refractivity contribution in [1.29, 1.82) is 0 Å². The fourth-order valence-corrected chi connectivity index (χ4v) is 0.786. The smallest absolute Gasteiger partial charge is 0.313 e. The Morgan fingerprint density at radius 3 is 1.57 bits per heavy atom. The molecule has 124 valence electrons. The summed E-state index contributed by atoms with van der Waals surface area (Å²) in [6.07, 6.45) is 1.57. The van der Waals surface area contributed by atoms with Crippen LogP contribution in [0.4, 0.5) is 0 Å². The van der Waals surface area contributed by atoms with Crippen molar-refractivity contribution in [3.05, 3.63) is 0 Å². The first-order valence-corrected chi connectivity index (χ1v) is 6.68. The molecule has 0 rings (SSSR count). The molecule has 0 aliphatic rings. The van der Waals surface area contributed by atoms with Gasteiger partial charge in [-0.3, -0.25) is 19.2 Å². The van der Waals surface area contributed by atoms with Crippen molar-refractivity contribution in [3.63, 3.8) is 0 Å². The van der Waals surface area contributed by atoms with Crippen LogP contribution < -0.4 is 0 Å². The molecule has 0 aliphatic carbocycles. The number of hydrogen-bond acceptors (Lipinski definition) is 6. The summed E-state index contributed by atoms with van der Waals surface area (Å²) >= 11 is 0. The first-order valence-electron chi connectivity index (χ1n) is 6.68. The van der Waals surface area contributed by atoms with Crippen LogP contribution in [-0.2, 0) is 23.9 Å². The van der Waals surface area contributed by atoms with Gasteiger partial charge < -0.3 is 14.9 Å². The van der Waals surface area contributed by atoms with Crippen molar-refractivity contribution in [2.75, 3.05) is 13.2 Å². The summed E-state index contributed by atoms with van der Waals surface area (Å²) in [5, 5.41) is 15.9. The molecule has 0 bridgehead atoms. The lowest BCUT2D eigenvalue weighted by Gasteiger charge is -1.96. The lowest BCUT2D eigenvalue weighted by molar-refractivity contribution is -0.145. The number of ether oxygens (including phenoxy) is 1. The molecule has 0 atom stereocenters. The molecule has 7 heteroatoms. The monoisotopic (exact) mass is 306 g/mol. The quantitative estimate of drug-likeness (QED) is 0.538. The number of hydrogen-bond donors (Lipinski definition) is 2. The number of carbonyl (C=O) groups is 4. The van der Waals surface area contributed by atoms with Crippen LogP contribution in [0.15, 0.2) is 0 Å². The molecule has 21 heavy (non-hydrogen) atoms. The van der Waals surface area contributed by atoms with Gasteiger partial charge in [-0.1, -0.05) is 13.3 Å². The molecule has 0 saturated carbocycles. The van der Waals surface area contributed by atoms with Crippen molar-refractivity contribution in [2.45, 2.75) is 53.4 Å². The molecule has 0 aromatic carbocycles. The number of aliphatic hydroxyl groups excluding tert-OH is 1. The Morgan fingerprint density at radius 2 is 1.43 bits per heavy atom. The van der Waals surface area contributed by atoms with Crippen molar-refractivity contribution in [3.8, 4) is 0 Å². The van der Waals surface area contributed by atoms with E-state index in [1.165, 1.54) is 13.8 Å². The molecule has 0 spiro atoms. The van der Waals surface area contributed by atoms with Gasteiger partial charge in [0.15, 0.2) is 0 Å². The van der Waals surface area contributed by atoms with Gasteiger partial charge in [0.05, 0.1) is 6.61 Å². The molecule has 0 unspecified atom stereocenters. The normalized spacial score (nSPS) is 8.43. The number of carboxylic acids is 1. The summed E-state index contributed by atoms with van der Waals surface area (Å²) in [4.78, 5) is 40.1. The van der Waals surface area contributed by atoms with Gasteiger partial charge in [0.25, 0.3) is 0 Å². The third kappa shape index (κ3) is 38.1. The molecule has 0 saturated heterocycles. The van der Waals surface area contributed by atoms with E-state index in [4.69, 9.17) is 10.2 Å². The SMILES string of the molecule is CC(=O)CC(=O)O.CCCCO.CCOC(=O)CC(C)=O. The van der Waals surface area contributed by atoms with E-state index in [0.29, 0.717) is 13.2 Å². The first-order chi connectivity index (χ1) is 9.70. The standard InChI is InChI=1S/C6H10O3.C4H6O3.C4H10O/c1-3-9-6(8)4-5(2)7;1-3(5)2-4(6)7;1-2-3-4-5/h3-4H2,1-2H3;2H2,1H3,(H,6,7);5H,2-4H2,1H3. The molecule has 2 N–H and O–H groups in total. The van der Waals surface area contributed by atoms with E-state index in [-0.39, 0.29) is 24.4 Å². The molecule has 0 amide bonds. The van der Waals surface area contributed by atoms with Crippen LogP contribution in [0.2, 0.25) is 0 Å². The minimum atomic E-state index is -1.06. The zero-order valence-corrected chi connectivity index (χ0v) is 13.2. The zero-order chi connectivity index (χ0) is 17.3. The maximum atomic E-state index is 10.4. The Kier molecular flexibility index (Phi) is 21.1. The van der Waals surface area contributed by atoms with Crippen LogP contribution in [0.5, 0.6) is 0 Å². The van der Waals surface area contributed by atoms with Gasteiger partial charge in [-0.15, -0.1) is 0 Å². The Hall–Kier alpha value is -1.76. The van der Waals surface area contributed by atoms with E-state index < -0.39 is 11.9 Å². The number of carbonyl (C=O) groups excluding carboxylic acids is 3. The summed E-state index contributed by atoms with van der Waals surface area (Å²) in [6, 6.07) is 0. The number of esters is 1. The number of aliphatic hydroxyl groups is 1. The summed E-state index contributed by atoms with van der Waals surface area (Å²) in [7, 11) is 0. The second kappa shape index (κ2) is 18.2. The van der Waals surface area contributed by atoms with Crippen molar-refractivity contribution >= 4 is 23.5 Å². The van der Waals surface area contributed by atoms with Gasteiger partial charge in [0.2, 0.25) is 0 Å². The Morgan fingerprint density at radius 1 is 0.952 bits per heavy atom. The number of rotatable bonds is 7. The number of carboxylic acid groups (broad SMARTS) is 1. The molecule has 0 radical (unpaired) electrons. The van der Waals surface area contributed by atoms with Crippen molar-refractivity contribution in [2.24, 2.45) is 0 Å². The van der Waals surface area contributed by atoms with Gasteiger partial charge in [-0.2, -0.15) is 0 Å². The highest BCUT2D eigenvalue weighted by Crippen LogP contribution is 1.86. The van der Waals surface area contributed by atoms with Crippen molar-refractivity contribution in [1.82, 2.24) is 0 Å². The summed E-state index contributed by atoms with van der Waals surface area (Å²) in [6.45, 7) is 7.04. The fraction of sp³-hybridized carbons (Fsp3) is 0.714. The molecule has 0 aromatic rings. The second-order valence-corrected chi connectivity index (χ2v) is 4.03. The van der Waals surface area contributed by atoms with Crippen LogP contribution in [-0.4, -0.2) is 46.9 Å². The Bertz CT molecular complexity index is 296. The van der Waals surface area contributed by atoms with E-state index in [9.17, 15) is 19.2 Å². The highest BCUT2D eigenvalue weighted by molar-refractivity contribution is 5.94. The van der Waals surface area contributed by atoms with Gasteiger partial charge >= 0.3 is 11.9 Å². The molecule has 0 aliphatic heterocycles. The van der Waals surface area contributed by atoms with Crippen LogP contribution >= 0.6 is 0 Å². The molecule has 7 nitrogen and oxygen atoms in total. The van der Waals surface area contributed by atoms with Crippen LogP contribution in [0.3, 0.4) is 0 Å². The average molecular weight is 306 g/mol.